The summed E-state index contributed by atoms with van der Waals surface area (Å²) < 4.78 is 5.70. The van der Waals surface area contributed by atoms with E-state index in [1.54, 1.807) is 17.5 Å². The van der Waals surface area contributed by atoms with Gasteiger partial charge in [-0.1, -0.05) is 18.2 Å². The zero-order chi connectivity index (χ0) is 20.5. The number of nitrogens with one attached hydrogen (secondary N) is 1. The molecule has 29 heavy (non-hydrogen) atoms. The summed E-state index contributed by atoms with van der Waals surface area (Å²) >= 11 is 1.28. The van der Waals surface area contributed by atoms with Crippen molar-refractivity contribution < 1.29 is 24.3 Å². The minimum Gasteiger partial charge on any atom is -0.868 e. The standard InChI is InChI=1S/C22H24N2O4S/c1-23(2)15-9-7-14(8-10-15)19-18(20(25)17-6-4-12-29-17)21(26)22(27)24(19)13-16-5-3-11-28-16/h4,6-10,12,16,19,26H,3,5,11,13H2,1-2H3. The van der Waals surface area contributed by atoms with E-state index in [0.717, 1.165) is 24.1 Å². The summed E-state index contributed by atoms with van der Waals surface area (Å²) in [5, 5.41) is 14.7. The molecule has 1 N–H and O–H groups in total. The molecule has 2 aliphatic rings. The van der Waals surface area contributed by atoms with E-state index in [9.17, 15) is 14.7 Å². The van der Waals surface area contributed by atoms with Gasteiger partial charge in [0.25, 0.3) is 0 Å². The highest BCUT2D eigenvalue weighted by Crippen LogP contribution is 2.39. The van der Waals surface area contributed by atoms with Crippen LogP contribution in [0.15, 0.2) is 53.1 Å². The number of ether oxygens (including phenoxy) is 1. The van der Waals surface area contributed by atoms with Gasteiger partial charge >= 0.3 is 0 Å². The summed E-state index contributed by atoms with van der Waals surface area (Å²) in [5.41, 5.74) is 1.90. The number of carbonyl (C=O) groups is 2. The Balaban J connectivity index is 1.74. The topological polar surface area (TPSA) is 74.1 Å². The lowest BCUT2D eigenvalue weighted by atomic mass is 9.95. The first-order valence-corrected chi connectivity index (χ1v) is 10.7. The quantitative estimate of drug-likeness (QED) is 0.721. The minimum absolute atomic E-state index is 0.0420. The molecule has 4 rings (SSSR count). The number of rotatable bonds is 6. The maximum Gasteiger partial charge on any atom is 0.240 e. The average Bonchev–Trinajstić information content (AvgIpc) is 3.46. The molecule has 2 unspecified atom stereocenters. The third-order valence-corrected chi connectivity index (χ3v) is 6.37. The second kappa shape index (κ2) is 8.10. The predicted octanol–water partition coefficient (Wildman–Crippen LogP) is 1.08. The van der Waals surface area contributed by atoms with Crippen LogP contribution in [0, 0.1) is 0 Å². The zero-order valence-electron chi connectivity index (χ0n) is 16.5. The summed E-state index contributed by atoms with van der Waals surface area (Å²) in [5.74, 6) is -1.68. The van der Waals surface area contributed by atoms with Crippen molar-refractivity contribution in [3.05, 3.63) is 63.6 Å². The molecular formula is C22H24N2O4S. The van der Waals surface area contributed by atoms with Crippen molar-refractivity contribution in [3.8, 4) is 0 Å². The summed E-state index contributed by atoms with van der Waals surface area (Å²) in [6.45, 7) is 0.980. The number of nitrogens with zero attached hydrogens (tertiary/aromatic N) is 1. The number of carbonyl (C=O) groups excluding carboxylic acids is 2. The van der Waals surface area contributed by atoms with Crippen molar-refractivity contribution in [3.63, 3.8) is 0 Å². The molecule has 1 amide bonds. The van der Waals surface area contributed by atoms with Crippen LogP contribution in [0.3, 0.4) is 0 Å². The predicted molar refractivity (Wildman–Crippen MR) is 108 cm³/mol. The van der Waals surface area contributed by atoms with Gasteiger partial charge in [-0.25, -0.2) is 0 Å². The normalized spacial score (nSPS) is 22.2. The number of ketones is 1. The van der Waals surface area contributed by atoms with Crippen LogP contribution in [-0.2, 0) is 9.53 Å². The highest BCUT2D eigenvalue weighted by atomic mass is 32.1. The van der Waals surface area contributed by atoms with Gasteiger partial charge in [0.1, 0.15) is 5.69 Å². The second-order valence-corrected chi connectivity index (χ2v) is 8.61. The molecular weight excluding hydrogens is 388 g/mol. The SMILES string of the molecule is C[NH+](C)c1ccc(C2C(C(=O)c3cccs3)=C([O-])C(=O)N2CC2CCCO2)cc1. The fourth-order valence-electron chi connectivity index (χ4n) is 3.95. The molecule has 0 radical (unpaired) electrons. The van der Waals surface area contributed by atoms with E-state index in [1.807, 2.05) is 38.4 Å². The number of thiophene rings is 1. The van der Waals surface area contributed by atoms with Crippen molar-refractivity contribution in [2.75, 3.05) is 27.2 Å². The van der Waals surface area contributed by atoms with Gasteiger partial charge in [0.15, 0.2) is 0 Å². The molecule has 6 nitrogen and oxygen atoms in total. The third kappa shape index (κ3) is 3.73. The van der Waals surface area contributed by atoms with Crippen LogP contribution >= 0.6 is 11.3 Å². The van der Waals surface area contributed by atoms with Crippen molar-refractivity contribution in [2.24, 2.45) is 0 Å². The molecule has 152 valence electrons. The summed E-state index contributed by atoms with van der Waals surface area (Å²) in [7, 11) is 4.05. The van der Waals surface area contributed by atoms with Gasteiger partial charge in [-0.2, -0.15) is 0 Å². The van der Waals surface area contributed by atoms with Crippen molar-refractivity contribution in [1.82, 2.24) is 4.90 Å². The molecule has 1 saturated heterocycles. The molecule has 1 aromatic carbocycles. The van der Waals surface area contributed by atoms with Gasteiger partial charge < -0.3 is 19.6 Å². The Hall–Kier alpha value is -2.48. The number of quaternary nitrogens is 1. The maximum absolute atomic E-state index is 13.1. The Labute approximate surface area is 174 Å². The average molecular weight is 413 g/mol. The van der Waals surface area contributed by atoms with Gasteiger partial charge in [0, 0.05) is 18.7 Å². The summed E-state index contributed by atoms with van der Waals surface area (Å²) in [6, 6.07) is 10.5. The van der Waals surface area contributed by atoms with E-state index >= 15 is 0 Å². The van der Waals surface area contributed by atoms with Crippen LogP contribution in [0.2, 0.25) is 0 Å². The lowest BCUT2D eigenvalue weighted by Gasteiger charge is -2.29. The first kappa shape index (κ1) is 19.8. The van der Waals surface area contributed by atoms with Crippen LogP contribution in [0.5, 0.6) is 0 Å². The lowest BCUT2D eigenvalue weighted by Crippen LogP contribution is -3.00. The van der Waals surface area contributed by atoms with E-state index in [0.29, 0.717) is 18.0 Å². The van der Waals surface area contributed by atoms with E-state index in [2.05, 4.69) is 0 Å². The Kier molecular flexibility index (Phi) is 5.54. The molecule has 1 aromatic heterocycles. The maximum atomic E-state index is 13.1. The van der Waals surface area contributed by atoms with Crippen LogP contribution < -0.4 is 10.0 Å². The van der Waals surface area contributed by atoms with Gasteiger partial charge in [0.2, 0.25) is 11.7 Å². The van der Waals surface area contributed by atoms with Gasteiger partial charge in [-0.3, -0.25) is 9.59 Å². The number of benzene rings is 1. The molecule has 0 saturated carbocycles. The van der Waals surface area contributed by atoms with Gasteiger partial charge in [-0.05, 0) is 47.7 Å². The van der Waals surface area contributed by atoms with Crippen molar-refractivity contribution in [2.45, 2.75) is 25.0 Å². The Morgan fingerprint density at radius 2 is 2.03 bits per heavy atom. The fourth-order valence-corrected chi connectivity index (χ4v) is 4.63. The Morgan fingerprint density at radius 3 is 2.62 bits per heavy atom. The highest BCUT2D eigenvalue weighted by molar-refractivity contribution is 7.12. The van der Waals surface area contributed by atoms with Gasteiger partial charge in [-0.15, -0.1) is 11.3 Å². The van der Waals surface area contributed by atoms with Crippen LogP contribution in [0.25, 0.3) is 0 Å². The zero-order valence-corrected chi connectivity index (χ0v) is 17.3. The minimum atomic E-state index is -0.700. The van der Waals surface area contributed by atoms with Gasteiger partial charge in [0.05, 0.1) is 31.1 Å². The first-order chi connectivity index (χ1) is 14.0. The first-order valence-electron chi connectivity index (χ1n) is 9.80. The molecule has 2 atom stereocenters. The molecule has 0 bridgehead atoms. The Morgan fingerprint density at radius 1 is 1.28 bits per heavy atom. The van der Waals surface area contributed by atoms with E-state index in [4.69, 9.17) is 4.74 Å². The molecule has 2 aliphatic heterocycles. The third-order valence-electron chi connectivity index (χ3n) is 5.50. The van der Waals surface area contributed by atoms with Crippen LogP contribution in [-0.4, -0.2) is 49.9 Å². The number of hydrogen-bond acceptors (Lipinski definition) is 5. The number of hydrogen-bond donors (Lipinski definition) is 1. The molecule has 3 heterocycles. The smallest absolute Gasteiger partial charge is 0.240 e. The van der Waals surface area contributed by atoms with E-state index in [1.165, 1.54) is 21.1 Å². The molecule has 7 heteroatoms. The second-order valence-electron chi connectivity index (χ2n) is 7.67. The van der Waals surface area contributed by atoms with Crippen molar-refractivity contribution >= 4 is 28.7 Å². The lowest BCUT2D eigenvalue weighted by molar-refractivity contribution is -0.786. The van der Waals surface area contributed by atoms with Crippen LogP contribution in [0.1, 0.15) is 34.1 Å². The highest BCUT2D eigenvalue weighted by Gasteiger charge is 2.41. The molecule has 0 spiro atoms. The fraction of sp³-hybridized carbons (Fsp3) is 0.364. The van der Waals surface area contributed by atoms with Crippen LogP contribution in [0.4, 0.5) is 5.69 Å². The number of amides is 1. The summed E-state index contributed by atoms with van der Waals surface area (Å²) in [4.78, 5) is 29.2. The van der Waals surface area contributed by atoms with E-state index in [-0.39, 0.29) is 17.5 Å². The molecule has 1 fully saturated rings. The number of Topliss-reactive ketones (excluding diaryl/α,β-unsaturated/α-hetero) is 1. The largest absolute Gasteiger partial charge is 0.868 e. The molecule has 0 aliphatic carbocycles. The summed E-state index contributed by atoms with van der Waals surface area (Å²) in [6.07, 6.45) is 1.69. The van der Waals surface area contributed by atoms with E-state index < -0.39 is 17.7 Å². The Bertz CT molecular complexity index is 928. The van der Waals surface area contributed by atoms with Crippen molar-refractivity contribution in [1.29, 1.82) is 0 Å². The monoisotopic (exact) mass is 412 g/mol. The molecule has 2 aromatic rings.